The van der Waals surface area contributed by atoms with Crippen LogP contribution in [0.1, 0.15) is 32.2 Å². The number of nitrogens with two attached hydrogens (primary N) is 1. The molecule has 1 aliphatic carbocycles. The van der Waals surface area contributed by atoms with Crippen molar-refractivity contribution in [2.45, 2.75) is 32.2 Å². The number of tetrazole rings is 1. The summed E-state index contributed by atoms with van der Waals surface area (Å²) in [5, 5.41) is 11.9. The van der Waals surface area contributed by atoms with Crippen LogP contribution in [0.4, 0.5) is 10.1 Å². The molecule has 6 heteroatoms. The third-order valence-corrected chi connectivity index (χ3v) is 3.76. The Morgan fingerprint density at radius 1 is 1.37 bits per heavy atom. The molecule has 2 unspecified atom stereocenters. The Hall–Kier alpha value is -1.98. The van der Waals surface area contributed by atoms with Crippen molar-refractivity contribution in [2.24, 2.45) is 5.92 Å². The van der Waals surface area contributed by atoms with Gasteiger partial charge < -0.3 is 5.73 Å². The van der Waals surface area contributed by atoms with Crippen molar-refractivity contribution in [1.82, 2.24) is 20.2 Å². The van der Waals surface area contributed by atoms with Crippen LogP contribution >= 0.6 is 0 Å². The lowest BCUT2D eigenvalue weighted by Gasteiger charge is -2.12. The Balaban J connectivity index is 1.97. The molecule has 0 saturated heterocycles. The molecule has 0 amide bonds. The van der Waals surface area contributed by atoms with E-state index in [0.29, 0.717) is 17.8 Å². The molecule has 2 N–H and O–H groups in total. The molecule has 1 aromatic heterocycles. The van der Waals surface area contributed by atoms with Crippen LogP contribution in [0, 0.1) is 11.7 Å². The highest BCUT2D eigenvalue weighted by Gasteiger charge is 2.26. The smallest absolute Gasteiger partial charge is 0.182 e. The molecule has 100 valence electrons. The van der Waals surface area contributed by atoms with E-state index in [1.54, 1.807) is 12.1 Å². The van der Waals surface area contributed by atoms with Gasteiger partial charge in [0, 0.05) is 5.56 Å². The van der Waals surface area contributed by atoms with Crippen LogP contribution in [-0.2, 0) is 0 Å². The van der Waals surface area contributed by atoms with E-state index in [1.807, 2.05) is 4.68 Å². The van der Waals surface area contributed by atoms with Crippen LogP contribution in [0.5, 0.6) is 0 Å². The molecule has 0 bridgehead atoms. The van der Waals surface area contributed by atoms with Crippen LogP contribution < -0.4 is 5.73 Å². The van der Waals surface area contributed by atoms with Gasteiger partial charge in [-0.3, -0.25) is 0 Å². The van der Waals surface area contributed by atoms with E-state index in [9.17, 15) is 4.39 Å². The van der Waals surface area contributed by atoms with Crippen molar-refractivity contribution < 1.29 is 4.39 Å². The van der Waals surface area contributed by atoms with E-state index in [-0.39, 0.29) is 5.69 Å². The molecular weight excluding hydrogens is 245 g/mol. The number of nitrogens with zero attached hydrogens (tertiary/aromatic N) is 4. The molecule has 2 aromatic rings. The Morgan fingerprint density at radius 2 is 2.21 bits per heavy atom. The van der Waals surface area contributed by atoms with Crippen LogP contribution in [0.2, 0.25) is 0 Å². The van der Waals surface area contributed by atoms with Gasteiger partial charge in [-0.2, -0.15) is 0 Å². The summed E-state index contributed by atoms with van der Waals surface area (Å²) in [7, 11) is 0. The summed E-state index contributed by atoms with van der Waals surface area (Å²) in [5.41, 5.74) is 6.47. The first-order chi connectivity index (χ1) is 9.15. The zero-order valence-corrected chi connectivity index (χ0v) is 10.8. The standard InChI is InChI=1S/C13H16FN5/c1-8-2-4-10(6-8)19-13(16-17-18-19)9-3-5-11(14)12(15)7-9/h3,5,7-8,10H,2,4,6,15H2,1H3. The third kappa shape index (κ3) is 2.18. The van der Waals surface area contributed by atoms with Crippen molar-refractivity contribution in [2.75, 3.05) is 5.73 Å². The Labute approximate surface area is 110 Å². The highest BCUT2D eigenvalue weighted by Crippen LogP contribution is 2.35. The Kier molecular flexibility index (Phi) is 2.93. The largest absolute Gasteiger partial charge is 0.396 e. The number of hydrogen-bond acceptors (Lipinski definition) is 4. The van der Waals surface area contributed by atoms with Crippen LogP contribution in [0.15, 0.2) is 18.2 Å². The maximum atomic E-state index is 13.2. The number of halogens is 1. The minimum Gasteiger partial charge on any atom is -0.396 e. The van der Waals surface area contributed by atoms with Gasteiger partial charge in [-0.05, 0) is 53.8 Å². The highest BCUT2D eigenvalue weighted by atomic mass is 19.1. The Bertz CT molecular complexity index is 594. The summed E-state index contributed by atoms with van der Waals surface area (Å²) in [5.74, 6) is 0.934. The lowest BCUT2D eigenvalue weighted by molar-refractivity contribution is 0.443. The van der Waals surface area contributed by atoms with Gasteiger partial charge in [-0.1, -0.05) is 6.92 Å². The quantitative estimate of drug-likeness (QED) is 0.843. The van der Waals surface area contributed by atoms with Crippen molar-refractivity contribution in [3.63, 3.8) is 0 Å². The summed E-state index contributed by atoms with van der Waals surface area (Å²) in [6.07, 6.45) is 3.35. The topological polar surface area (TPSA) is 69.6 Å². The van der Waals surface area contributed by atoms with E-state index in [2.05, 4.69) is 22.4 Å². The zero-order valence-electron chi connectivity index (χ0n) is 10.8. The molecule has 0 radical (unpaired) electrons. The number of hydrogen-bond donors (Lipinski definition) is 1. The minimum atomic E-state index is -0.419. The van der Waals surface area contributed by atoms with Gasteiger partial charge in [0.25, 0.3) is 0 Å². The maximum Gasteiger partial charge on any atom is 0.182 e. The molecule has 0 spiro atoms. The lowest BCUT2D eigenvalue weighted by atomic mass is 10.1. The first-order valence-corrected chi connectivity index (χ1v) is 6.48. The van der Waals surface area contributed by atoms with Crippen molar-refractivity contribution >= 4 is 5.69 Å². The van der Waals surface area contributed by atoms with Gasteiger partial charge in [0.2, 0.25) is 0 Å². The molecule has 3 rings (SSSR count). The van der Waals surface area contributed by atoms with E-state index in [0.717, 1.165) is 18.4 Å². The third-order valence-electron chi connectivity index (χ3n) is 3.76. The van der Waals surface area contributed by atoms with E-state index >= 15 is 0 Å². The van der Waals surface area contributed by atoms with E-state index in [1.165, 1.54) is 12.5 Å². The molecular formula is C13H16FN5. The summed E-state index contributed by atoms with van der Waals surface area (Å²) < 4.78 is 15.1. The van der Waals surface area contributed by atoms with Gasteiger partial charge in [0.15, 0.2) is 5.82 Å². The maximum absolute atomic E-state index is 13.2. The summed E-state index contributed by atoms with van der Waals surface area (Å²) >= 11 is 0. The molecule has 1 aromatic carbocycles. The minimum absolute atomic E-state index is 0.117. The molecule has 1 heterocycles. The van der Waals surface area contributed by atoms with Gasteiger partial charge in [-0.25, -0.2) is 9.07 Å². The second-order valence-electron chi connectivity index (χ2n) is 5.26. The summed E-state index contributed by atoms with van der Waals surface area (Å²) in [6.45, 7) is 2.24. The fraction of sp³-hybridized carbons (Fsp3) is 0.462. The first kappa shape index (κ1) is 12.1. The average molecular weight is 261 g/mol. The van der Waals surface area contributed by atoms with Gasteiger partial charge in [0.1, 0.15) is 5.82 Å². The fourth-order valence-corrected chi connectivity index (χ4v) is 2.71. The molecule has 1 aliphatic rings. The number of nitrogen functional groups attached to an aromatic ring is 1. The predicted molar refractivity (Wildman–Crippen MR) is 69.7 cm³/mol. The lowest BCUT2D eigenvalue weighted by Crippen LogP contribution is -2.09. The van der Waals surface area contributed by atoms with Gasteiger partial charge >= 0.3 is 0 Å². The number of rotatable bonds is 2. The van der Waals surface area contributed by atoms with Crippen molar-refractivity contribution in [3.05, 3.63) is 24.0 Å². The van der Waals surface area contributed by atoms with Crippen LogP contribution in [0.25, 0.3) is 11.4 Å². The van der Waals surface area contributed by atoms with Crippen molar-refractivity contribution in [3.8, 4) is 11.4 Å². The Morgan fingerprint density at radius 3 is 2.89 bits per heavy atom. The van der Waals surface area contributed by atoms with Gasteiger partial charge in [-0.15, -0.1) is 5.10 Å². The first-order valence-electron chi connectivity index (χ1n) is 6.48. The second-order valence-corrected chi connectivity index (χ2v) is 5.26. The molecule has 19 heavy (non-hydrogen) atoms. The van der Waals surface area contributed by atoms with E-state index < -0.39 is 5.82 Å². The number of benzene rings is 1. The molecule has 0 aliphatic heterocycles. The summed E-state index contributed by atoms with van der Waals surface area (Å²) in [4.78, 5) is 0. The zero-order chi connectivity index (χ0) is 13.4. The average Bonchev–Trinajstić information content (AvgIpc) is 3.00. The van der Waals surface area contributed by atoms with Crippen molar-refractivity contribution in [1.29, 1.82) is 0 Å². The molecule has 1 fully saturated rings. The number of aromatic nitrogens is 4. The second kappa shape index (κ2) is 4.60. The number of anilines is 1. The molecule has 1 saturated carbocycles. The predicted octanol–water partition coefficient (Wildman–Crippen LogP) is 2.42. The summed E-state index contributed by atoms with van der Waals surface area (Å²) in [6, 6.07) is 4.91. The van der Waals surface area contributed by atoms with Crippen LogP contribution in [0.3, 0.4) is 0 Å². The molecule has 2 atom stereocenters. The fourth-order valence-electron chi connectivity index (χ4n) is 2.71. The van der Waals surface area contributed by atoms with E-state index in [4.69, 9.17) is 5.73 Å². The van der Waals surface area contributed by atoms with Gasteiger partial charge in [0.05, 0.1) is 11.7 Å². The normalized spacial score (nSPS) is 22.8. The molecule has 5 nitrogen and oxygen atoms in total. The van der Waals surface area contributed by atoms with Crippen LogP contribution in [-0.4, -0.2) is 20.2 Å². The highest BCUT2D eigenvalue weighted by molar-refractivity contribution is 5.61. The SMILES string of the molecule is CC1CCC(n2nnnc2-c2ccc(F)c(N)c2)C1. The monoisotopic (exact) mass is 261 g/mol.